The van der Waals surface area contributed by atoms with Gasteiger partial charge in [-0.05, 0) is 5.56 Å². The van der Waals surface area contributed by atoms with Crippen LogP contribution in [0.3, 0.4) is 0 Å². The largest absolute Gasteiger partial charge is 0.394 e. The van der Waals surface area contributed by atoms with E-state index in [1.807, 2.05) is 30.3 Å². The fourth-order valence-electron chi connectivity index (χ4n) is 1.30. The Kier molecular flexibility index (Phi) is 6.62. The molecule has 5 heteroatoms. The van der Waals surface area contributed by atoms with Gasteiger partial charge in [0.15, 0.2) is 0 Å². The monoisotopic (exact) mass is 257 g/mol. The van der Waals surface area contributed by atoms with E-state index in [2.05, 4.69) is 5.32 Å². The van der Waals surface area contributed by atoms with Gasteiger partial charge in [-0.15, -0.1) is 11.6 Å². The molecule has 0 radical (unpaired) electrons. The van der Waals surface area contributed by atoms with Crippen LogP contribution in [-0.2, 0) is 16.1 Å². The molecule has 1 atom stereocenters. The Labute approximate surface area is 106 Å². The van der Waals surface area contributed by atoms with Gasteiger partial charge in [-0.1, -0.05) is 30.3 Å². The molecular weight excluding hydrogens is 242 g/mol. The lowest BCUT2D eigenvalue weighted by molar-refractivity contribution is -0.120. The first-order valence-electron chi connectivity index (χ1n) is 5.34. The zero-order chi connectivity index (χ0) is 12.5. The van der Waals surface area contributed by atoms with E-state index in [9.17, 15) is 4.79 Å². The average molecular weight is 258 g/mol. The van der Waals surface area contributed by atoms with Gasteiger partial charge >= 0.3 is 0 Å². The second kappa shape index (κ2) is 8.06. The summed E-state index contributed by atoms with van der Waals surface area (Å²) in [5.74, 6) is -0.427. The molecule has 1 aromatic rings. The number of hydrogen-bond acceptors (Lipinski definition) is 3. The van der Waals surface area contributed by atoms with E-state index in [-0.39, 0.29) is 25.0 Å². The van der Waals surface area contributed by atoms with Crippen molar-refractivity contribution in [1.82, 2.24) is 5.32 Å². The van der Waals surface area contributed by atoms with Gasteiger partial charge < -0.3 is 15.2 Å². The Balaban J connectivity index is 2.26. The summed E-state index contributed by atoms with van der Waals surface area (Å²) in [4.78, 5) is 11.0. The van der Waals surface area contributed by atoms with Crippen LogP contribution < -0.4 is 5.32 Å². The van der Waals surface area contributed by atoms with E-state index in [0.717, 1.165) is 5.56 Å². The highest BCUT2D eigenvalue weighted by Gasteiger charge is 2.10. The van der Waals surface area contributed by atoms with Crippen molar-refractivity contribution in [1.29, 1.82) is 0 Å². The van der Waals surface area contributed by atoms with E-state index < -0.39 is 6.04 Å². The molecule has 0 unspecified atom stereocenters. The van der Waals surface area contributed by atoms with Crippen molar-refractivity contribution in [2.45, 2.75) is 12.6 Å². The molecule has 1 rings (SSSR count). The topological polar surface area (TPSA) is 58.6 Å². The lowest BCUT2D eigenvalue weighted by atomic mass is 10.2. The Morgan fingerprint density at radius 3 is 2.71 bits per heavy atom. The van der Waals surface area contributed by atoms with Crippen molar-refractivity contribution < 1.29 is 14.6 Å². The molecular formula is C12H16ClNO3. The number of alkyl halides is 1. The fourth-order valence-corrected chi connectivity index (χ4v) is 1.38. The van der Waals surface area contributed by atoms with Crippen LogP contribution in [0.1, 0.15) is 5.56 Å². The van der Waals surface area contributed by atoms with E-state index in [1.54, 1.807) is 0 Å². The standard InChI is InChI=1S/C12H16ClNO3/c13-6-12(16)14-11(7-15)9-17-8-10-4-2-1-3-5-10/h1-5,11,15H,6-9H2,(H,14,16)/t11-/m1/s1. The molecule has 1 amide bonds. The van der Waals surface area contributed by atoms with Gasteiger partial charge in [0.25, 0.3) is 0 Å². The minimum atomic E-state index is -0.412. The van der Waals surface area contributed by atoms with Gasteiger partial charge in [0.05, 0.1) is 25.9 Å². The lowest BCUT2D eigenvalue weighted by Gasteiger charge is -2.15. The van der Waals surface area contributed by atoms with Gasteiger partial charge in [-0.3, -0.25) is 4.79 Å². The molecule has 0 saturated carbocycles. The summed E-state index contributed by atoms with van der Waals surface area (Å²) in [6.45, 7) is 0.541. The number of carbonyl (C=O) groups is 1. The Morgan fingerprint density at radius 1 is 1.41 bits per heavy atom. The van der Waals surface area contributed by atoms with Crippen LogP contribution in [0, 0.1) is 0 Å². The second-order valence-corrected chi connectivity index (χ2v) is 3.85. The Morgan fingerprint density at radius 2 is 2.12 bits per heavy atom. The van der Waals surface area contributed by atoms with Gasteiger partial charge in [0.2, 0.25) is 5.91 Å². The molecule has 0 aliphatic rings. The normalized spacial score (nSPS) is 12.1. The number of amides is 1. The Hall–Kier alpha value is -1.10. The summed E-state index contributed by atoms with van der Waals surface area (Å²) >= 11 is 5.35. The summed E-state index contributed by atoms with van der Waals surface area (Å²) in [5.41, 5.74) is 1.05. The summed E-state index contributed by atoms with van der Waals surface area (Å²) < 4.78 is 5.40. The van der Waals surface area contributed by atoms with E-state index in [4.69, 9.17) is 21.4 Å². The number of hydrogen-bond donors (Lipinski definition) is 2. The zero-order valence-electron chi connectivity index (χ0n) is 9.43. The fraction of sp³-hybridized carbons (Fsp3) is 0.417. The molecule has 94 valence electrons. The first-order chi connectivity index (χ1) is 8.26. The maximum atomic E-state index is 11.0. The molecule has 0 heterocycles. The lowest BCUT2D eigenvalue weighted by Crippen LogP contribution is -2.41. The molecule has 0 aromatic heterocycles. The molecule has 2 N–H and O–H groups in total. The van der Waals surface area contributed by atoms with Crippen LogP contribution >= 0.6 is 11.6 Å². The molecule has 0 bridgehead atoms. The number of benzene rings is 1. The molecule has 0 aliphatic carbocycles. The number of nitrogens with one attached hydrogen (secondary N) is 1. The summed E-state index contributed by atoms with van der Waals surface area (Å²) in [6, 6.07) is 9.27. The van der Waals surface area contributed by atoms with Crippen LogP contribution in [0.25, 0.3) is 0 Å². The molecule has 0 fully saturated rings. The smallest absolute Gasteiger partial charge is 0.235 e. The van der Waals surface area contributed by atoms with Gasteiger partial charge in [0.1, 0.15) is 5.88 Å². The molecule has 0 aliphatic heterocycles. The number of ether oxygens (including phenoxy) is 1. The van der Waals surface area contributed by atoms with Crippen molar-refractivity contribution >= 4 is 17.5 Å². The predicted molar refractivity (Wildman–Crippen MR) is 65.8 cm³/mol. The van der Waals surface area contributed by atoms with E-state index in [0.29, 0.717) is 6.61 Å². The number of halogens is 1. The van der Waals surface area contributed by atoms with Crippen molar-refractivity contribution in [2.75, 3.05) is 19.1 Å². The van der Waals surface area contributed by atoms with Crippen LogP contribution in [0.15, 0.2) is 30.3 Å². The molecule has 1 aromatic carbocycles. The van der Waals surface area contributed by atoms with E-state index in [1.165, 1.54) is 0 Å². The minimum Gasteiger partial charge on any atom is -0.394 e. The maximum absolute atomic E-state index is 11.0. The highest BCUT2D eigenvalue weighted by atomic mass is 35.5. The van der Waals surface area contributed by atoms with Crippen LogP contribution in [0.2, 0.25) is 0 Å². The van der Waals surface area contributed by atoms with E-state index >= 15 is 0 Å². The number of rotatable bonds is 7. The zero-order valence-corrected chi connectivity index (χ0v) is 10.2. The van der Waals surface area contributed by atoms with Crippen molar-refractivity contribution in [2.24, 2.45) is 0 Å². The van der Waals surface area contributed by atoms with Crippen molar-refractivity contribution in [3.8, 4) is 0 Å². The molecule has 4 nitrogen and oxygen atoms in total. The van der Waals surface area contributed by atoms with Gasteiger partial charge in [-0.2, -0.15) is 0 Å². The SMILES string of the molecule is O=C(CCl)N[C@H](CO)COCc1ccccc1. The molecule has 0 saturated heterocycles. The number of aliphatic hydroxyl groups is 1. The van der Waals surface area contributed by atoms with Crippen molar-refractivity contribution in [3.63, 3.8) is 0 Å². The maximum Gasteiger partial charge on any atom is 0.235 e. The summed E-state index contributed by atoms with van der Waals surface area (Å²) in [5, 5.41) is 11.6. The van der Waals surface area contributed by atoms with Crippen LogP contribution in [0.5, 0.6) is 0 Å². The molecule has 17 heavy (non-hydrogen) atoms. The predicted octanol–water partition coefficient (Wildman–Crippen LogP) is 0.919. The van der Waals surface area contributed by atoms with Crippen molar-refractivity contribution in [3.05, 3.63) is 35.9 Å². The van der Waals surface area contributed by atoms with Gasteiger partial charge in [-0.25, -0.2) is 0 Å². The number of aliphatic hydroxyl groups excluding tert-OH is 1. The highest BCUT2D eigenvalue weighted by molar-refractivity contribution is 6.27. The van der Waals surface area contributed by atoms with Crippen LogP contribution in [0.4, 0.5) is 0 Å². The summed E-state index contributed by atoms with van der Waals surface area (Å²) in [6.07, 6.45) is 0. The average Bonchev–Trinajstić information content (AvgIpc) is 2.38. The third-order valence-electron chi connectivity index (χ3n) is 2.14. The highest BCUT2D eigenvalue weighted by Crippen LogP contribution is 2.00. The first kappa shape index (κ1) is 14.0. The quantitative estimate of drug-likeness (QED) is 0.714. The number of carbonyl (C=O) groups excluding carboxylic acids is 1. The third kappa shape index (κ3) is 5.68. The minimum absolute atomic E-state index is 0.116. The van der Waals surface area contributed by atoms with Crippen LogP contribution in [-0.4, -0.2) is 36.1 Å². The first-order valence-corrected chi connectivity index (χ1v) is 5.87. The molecule has 0 spiro atoms. The summed E-state index contributed by atoms with van der Waals surface area (Å²) in [7, 11) is 0. The second-order valence-electron chi connectivity index (χ2n) is 3.58. The Bertz CT molecular complexity index is 332. The van der Waals surface area contributed by atoms with Gasteiger partial charge in [0, 0.05) is 0 Å². The third-order valence-corrected chi connectivity index (χ3v) is 2.38.